The van der Waals surface area contributed by atoms with Crippen LogP contribution >= 0.6 is 0 Å². The van der Waals surface area contributed by atoms with E-state index in [2.05, 4.69) is 0 Å². The molecule has 1 saturated carbocycles. The van der Waals surface area contributed by atoms with Crippen LogP contribution in [0.5, 0.6) is 0 Å². The number of hydrogen-bond donors (Lipinski definition) is 1. The Morgan fingerprint density at radius 3 is 2.27 bits per heavy atom. The maximum atomic E-state index is 13.3. The lowest BCUT2D eigenvalue weighted by Gasteiger charge is -2.26. The van der Waals surface area contributed by atoms with Gasteiger partial charge in [0.25, 0.3) is 0 Å². The monoisotopic (exact) mass is 159 g/mol. The van der Waals surface area contributed by atoms with Gasteiger partial charge < -0.3 is 5.73 Å². The zero-order valence-corrected chi connectivity index (χ0v) is 7.22. The minimum Gasteiger partial charge on any atom is -0.325 e. The van der Waals surface area contributed by atoms with Gasteiger partial charge in [-0.3, -0.25) is 0 Å². The van der Waals surface area contributed by atoms with Crippen LogP contribution in [0, 0.1) is 5.92 Å². The van der Waals surface area contributed by atoms with E-state index >= 15 is 0 Å². The average molecular weight is 159 g/mol. The van der Waals surface area contributed by atoms with E-state index < -0.39 is 6.17 Å². The van der Waals surface area contributed by atoms with E-state index in [1.165, 1.54) is 19.3 Å². The summed E-state index contributed by atoms with van der Waals surface area (Å²) in [7, 11) is 0. The largest absolute Gasteiger partial charge is 0.325 e. The van der Waals surface area contributed by atoms with Crippen LogP contribution in [0.1, 0.15) is 39.0 Å². The van der Waals surface area contributed by atoms with Gasteiger partial charge in [0.1, 0.15) is 6.17 Å². The van der Waals surface area contributed by atoms with Crippen LogP contribution in [0.4, 0.5) is 4.39 Å². The Kier molecular flexibility index (Phi) is 3.31. The number of halogens is 1. The quantitative estimate of drug-likeness (QED) is 0.657. The molecular formula is C9H18FN. The van der Waals surface area contributed by atoms with Crippen molar-refractivity contribution in [3.8, 4) is 0 Å². The van der Waals surface area contributed by atoms with E-state index in [0.29, 0.717) is 0 Å². The fourth-order valence-corrected chi connectivity index (χ4v) is 1.88. The Hall–Kier alpha value is -0.110. The molecule has 0 aliphatic heterocycles. The highest BCUT2D eigenvalue weighted by Crippen LogP contribution is 2.28. The van der Waals surface area contributed by atoms with Gasteiger partial charge in [-0.15, -0.1) is 0 Å². The number of hydrogen-bond acceptors (Lipinski definition) is 1. The van der Waals surface area contributed by atoms with E-state index in [4.69, 9.17) is 5.73 Å². The third-order valence-electron chi connectivity index (χ3n) is 2.60. The highest BCUT2D eigenvalue weighted by atomic mass is 19.1. The number of rotatable bonds is 2. The zero-order valence-electron chi connectivity index (χ0n) is 7.22. The molecule has 0 aromatic heterocycles. The predicted molar refractivity (Wildman–Crippen MR) is 45.1 cm³/mol. The summed E-state index contributed by atoms with van der Waals surface area (Å²) in [5, 5.41) is 0. The van der Waals surface area contributed by atoms with Crippen LogP contribution in [0.25, 0.3) is 0 Å². The second-order valence-electron chi connectivity index (χ2n) is 3.70. The standard InChI is InChI=1S/C9H18FN/c1-7(11)9(10)8-5-3-2-4-6-8/h7-9H,2-6,11H2,1H3/t7-,9?/m0/s1. The molecule has 0 amide bonds. The van der Waals surface area contributed by atoms with Crippen molar-refractivity contribution in [2.24, 2.45) is 11.7 Å². The highest BCUT2D eigenvalue weighted by Gasteiger charge is 2.25. The summed E-state index contributed by atoms with van der Waals surface area (Å²) in [6.45, 7) is 1.76. The fraction of sp³-hybridized carbons (Fsp3) is 1.00. The Morgan fingerprint density at radius 2 is 1.82 bits per heavy atom. The van der Waals surface area contributed by atoms with E-state index in [9.17, 15) is 4.39 Å². The van der Waals surface area contributed by atoms with Gasteiger partial charge in [0.05, 0.1) is 0 Å². The van der Waals surface area contributed by atoms with Crippen molar-refractivity contribution in [1.82, 2.24) is 0 Å². The lowest BCUT2D eigenvalue weighted by molar-refractivity contribution is 0.158. The van der Waals surface area contributed by atoms with Gasteiger partial charge in [-0.25, -0.2) is 4.39 Å². The molecule has 0 radical (unpaired) electrons. The summed E-state index contributed by atoms with van der Waals surface area (Å²) < 4.78 is 13.3. The number of nitrogens with two attached hydrogens (primary N) is 1. The molecule has 0 aromatic rings. The summed E-state index contributed by atoms with van der Waals surface area (Å²) in [6, 6.07) is -0.280. The first-order valence-electron chi connectivity index (χ1n) is 4.61. The Morgan fingerprint density at radius 1 is 1.27 bits per heavy atom. The Labute approximate surface area is 68.2 Å². The molecule has 66 valence electrons. The minimum absolute atomic E-state index is 0.253. The summed E-state index contributed by atoms with van der Waals surface area (Å²) in [6.07, 6.45) is 4.98. The van der Waals surface area contributed by atoms with Gasteiger partial charge in [0.15, 0.2) is 0 Å². The molecule has 1 fully saturated rings. The SMILES string of the molecule is C[C@H](N)C(F)C1CCCCC1. The van der Waals surface area contributed by atoms with Crippen molar-refractivity contribution in [2.45, 2.75) is 51.2 Å². The van der Waals surface area contributed by atoms with Crippen LogP contribution in [-0.2, 0) is 0 Å². The molecule has 1 aliphatic rings. The molecule has 2 heteroatoms. The predicted octanol–water partition coefficient (Wildman–Crippen LogP) is 2.25. The molecule has 0 aromatic carbocycles. The third-order valence-corrected chi connectivity index (χ3v) is 2.60. The smallest absolute Gasteiger partial charge is 0.118 e. The summed E-state index contributed by atoms with van der Waals surface area (Å²) in [5.74, 6) is 0.253. The summed E-state index contributed by atoms with van der Waals surface area (Å²) in [4.78, 5) is 0. The second kappa shape index (κ2) is 4.05. The molecular weight excluding hydrogens is 141 g/mol. The molecule has 0 spiro atoms. The molecule has 0 heterocycles. The molecule has 11 heavy (non-hydrogen) atoms. The Balaban J connectivity index is 2.32. The van der Waals surface area contributed by atoms with Crippen LogP contribution in [-0.4, -0.2) is 12.2 Å². The maximum Gasteiger partial charge on any atom is 0.118 e. The molecule has 2 atom stereocenters. The highest BCUT2D eigenvalue weighted by molar-refractivity contribution is 4.78. The van der Waals surface area contributed by atoms with Crippen molar-refractivity contribution in [3.05, 3.63) is 0 Å². The van der Waals surface area contributed by atoms with Gasteiger partial charge in [-0.2, -0.15) is 0 Å². The van der Waals surface area contributed by atoms with E-state index in [1.807, 2.05) is 0 Å². The van der Waals surface area contributed by atoms with Gasteiger partial charge >= 0.3 is 0 Å². The van der Waals surface area contributed by atoms with Crippen LogP contribution in [0.15, 0.2) is 0 Å². The topological polar surface area (TPSA) is 26.0 Å². The van der Waals surface area contributed by atoms with Gasteiger partial charge in [-0.05, 0) is 25.7 Å². The second-order valence-corrected chi connectivity index (χ2v) is 3.70. The van der Waals surface area contributed by atoms with Crippen molar-refractivity contribution < 1.29 is 4.39 Å². The zero-order chi connectivity index (χ0) is 8.27. The minimum atomic E-state index is -0.768. The van der Waals surface area contributed by atoms with Crippen LogP contribution < -0.4 is 5.73 Å². The lowest BCUT2D eigenvalue weighted by atomic mass is 9.84. The molecule has 0 bridgehead atoms. The van der Waals surface area contributed by atoms with Crippen molar-refractivity contribution in [3.63, 3.8) is 0 Å². The normalized spacial score (nSPS) is 26.5. The summed E-state index contributed by atoms with van der Waals surface area (Å²) >= 11 is 0. The fourth-order valence-electron chi connectivity index (χ4n) is 1.88. The average Bonchev–Trinajstić information content (AvgIpc) is 2.05. The number of alkyl halides is 1. The first-order valence-corrected chi connectivity index (χ1v) is 4.61. The first kappa shape index (κ1) is 8.98. The molecule has 2 N–H and O–H groups in total. The maximum absolute atomic E-state index is 13.3. The van der Waals surface area contributed by atoms with Gasteiger partial charge in [-0.1, -0.05) is 19.3 Å². The van der Waals surface area contributed by atoms with Crippen LogP contribution in [0.3, 0.4) is 0 Å². The molecule has 1 unspecified atom stereocenters. The summed E-state index contributed by atoms with van der Waals surface area (Å²) in [5.41, 5.74) is 5.49. The van der Waals surface area contributed by atoms with E-state index in [0.717, 1.165) is 12.8 Å². The first-order chi connectivity index (χ1) is 5.22. The van der Waals surface area contributed by atoms with E-state index in [-0.39, 0.29) is 12.0 Å². The molecule has 1 aliphatic carbocycles. The van der Waals surface area contributed by atoms with Crippen molar-refractivity contribution in [2.75, 3.05) is 0 Å². The third kappa shape index (κ3) is 2.44. The lowest BCUT2D eigenvalue weighted by Crippen LogP contribution is -2.35. The molecule has 1 nitrogen and oxygen atoms in total. The van der Waals surface area contributed by atoms with Gasteiger partial charge in [0.2, 0.25) is 0 Å². The Bertz CT molecular complexity index is 108. The van der Waals surface area contributed by atoms with E-state index in [1.54, 1.807) is 6.92 Å². The van der Waals surface area contributed by atoms with Crippen molar-refractivity contribution >= 4 is 0 Å². The molecule has 0 saturated heterocycles. The molecule has 1 rings (SSSR count). The van der Waals surface area contributed by atoms with Crippen LogP contribution in [0.2, 0.25) is 0 Å². The van der Waals surface area contributed by atoms with Gasteiger partial charge in [0, 0.05) is 6.04 Å². The van der Waals surface area contributed by atoms with Crippen molar-refractivity contribution in [1.29, 1.82) is 0 Å².